The SMILES string of the molecule is C=CCN1C(=O)c2ccc(C(=O)O[C@H](C)C(=O)Nc3cccc(OC)c3)cc2C1=O. The Hall–Kier alpha value is -3.94. The first-order valence-electron chi connectivity index (χ1n) is 9.12. The summed E-state index contributed by atoms with van der Waals surface area (Å²) in [5.74, 6) is -1.69. The number of methoxy groups -OCH3 is 1. The summed E-state index contributed by atoms with van der Waals surface area (Å²) in [6.07, 6.45) is 0.353. The Morgan fingerprint density at radius 1 is 1.13 bits per heavy atom. The van der Waals surface area contributed by atoms with Gasteiger partial charge < -0.3 is 14.8 Å². The monoisotopic (exact) mass is 408 g/mol. The number of carbonyl (C=O) groups is 4. The second kappa shape index (κ2) is 8.60. The Balaban J connectivity index is 1.69. The quantitative estimate of drug-likeness (QED) is 0.429. The van der Waals surface area contributed by atoms with Crippen LogP contribution in [0.2, 0.25) is 0 Å². The van der Waals surface area contributed by atoms with Crippen LogP contribution >= 0.6 is 0 Å². The number of hydrogen-bond acceptors (Lipinski definition) is 6. The molecule has 0 saturated heterocycles. The molecule has 1 aliphatic heterocycles. The summed E-state index contributed by atoms with van der Waals surface area (Å²) < 4.78 is 10.3. The number of rotatable bonds is 7. The Labute approximate surface area is 173 Å². The maximum absolute atomic E-state index is 12.5. The van der Waals surface area contributed by atoms with E-state index < -0.39 is 29.8 Å². The topological polar surface area (TPSA) is 102 Å². The Kier molecular flexibility index (Phi) is 5.96. The zero-order valence-electron chi connectivity index (χ0n) is 16.5. The minimum absolute atomic E-state index is 0.0661. The van der Waals surface area contributed by atoms with Crippen molar-refractivity contribution in [3.8, 4) is 5.75 Å². The Bertz CT molecular complexity index is 1050. The number of amides is 3. The maximum Gasteiger partial charge on any atom is 0.338 e. The van der Waals surface area contributed by atoms with Gasteiger partial charge >= 0.3 is 5.97 Å². The summed E-state index contributed by atoms with van der Waals surface area (Å²) in [6.45, 7) is 5.03. The van der Waals surface area contributed by atoms with Crippen molar-refractivity contribution in [2.24, 2.45) is 0 Å². The molecule has 8 heteroatoms. The molecule has 0 saturated carbocycles. The second-order valence-electron chi connectivity index (χ2n) is 6.54. The standard InChI is InChI=1S/C22H20N2O6/c1-4-10-24-20(26)17-9-8-14(11-18(17)21(24)27)22(28)30-13(2)19(25)23-15-6-5-7-16(12-15)29-3/h4-9,11-13H,1,10H2,2-3H3,(H,23,25)/t13-/m1/s1. The normalized spacial score (nSPS) is 13.5. The van der Waals surface area contributed by atoms with Gasteiger partial charge in [-0.25, -0.2) is 4.79 Å². The number of fused-ring (bicyclic) bond motifs is 1. The molecule has 0 radical (unpaired) electrons. The maximum atomic E-state index is 12.5. The van der Waals surface area contributed by atoms with E-state index in [2.05, 4.69) is 11.9 Å². The van der Waals surface area contributed by atoms with Crippen LogP contribution in [0.1, 0.15) is 38.0 Å². The van der Waals surface area contributed by atoms with Gasteiger partial charge in [0.2, 0.25) is 0 Å². The lowest BCUT2D eigenvalue weighted by molar-refractivity contribution is -0.123. The molecular weight excluding hydrogens is 388 g/mol. The second-order valence-corrected chi connectivity index (χ2v) is 6.54. The average Bonchev–Trinajstić information content (AvgIpc) is 2.98. The predicted octanol–water partition coefficient (Wildman–Crippen LogP) is 2.66. The fraction of sp³-hybridized carbons (Fsp3) is 0.182. The highest BCUT2D eigenvalue weighted by atomic mass is 16.5. The number of nitrogens with zero attached hydrogens (tertiary/aromatic N) is 1. The van der Waals surface area contributed by atoms with E-state index in [0.29, 0.717) is 11.4 Å². The minimum Gasteiger partial charge on any atom is -0.497 e. The molecule has 1 heterocycles. The molecule has 0 spiro atoms. The summed E-state index contributed by atoms with van der Waals surface area (Å²) >= 11 is 0. The third kappa shape index (κ3) is 4.07. The van der Waals surface area contributed by atoms with E-state index in [1.54, 1.807) is 24.3 Å². The summed E-state index contributed by atoms with van der Waals surface area (Å²) in [6, 6.07) is 10.8. The van der Waals surface area contributed by atoms with Gasteiger partial charge in [0.05, 0.1) is 23.8 Å². The van der Waals surface area contributed by atoms with Crippen LogP contribution in [0.5, 0.6) is 5.75 Å². The van der Waals surface area contributed by atoms with E-state index in [-0.39, 0.29) is 23.2 Å². The van der Waals surface area contributed by atoms with Gasteiger partial charge in [0.15, 0.2) is 6.10 Å². The van der Waals surface area contributed by atoms with Crippen molar-refractivity contribution >= 4 is 29.4 Å². The van der Waals surface area contributed by atoms with Gasteiger partial charge in [-0.05, 0) is 37.3 Å². The van der Waals surface area contributed by atoms with Crippen LogP contribution in [0.3, 0.4) is 0 Å². The third-order valence-corrected chi connectivity index (χ3v) is 4.51. The molecule has 0 unspecified atom stereocenters. The van der Waals surface area contributed by atoms with E-state index in [1.807, 2.05) is 0 Å². The summed E-state index contributed by atoms with van der Waals surface area (Å²) in [5.41, 5.74) is 0.884. The Morgan fingerprint density at radius 3 is 2.57 bits per heavy atom. The lowest BCUT2D eigenvalue weighted by Gasteiger charge is -2.14. The van der Waals surface area contributed by atoms with Gasteiger partial charge in [-0.2, -0.15) is 0 Å². The highest BCUT2D eigenvalue weighted by Gasteiger charge is 2.35. The molecular formula is C22H20N2O6. The van der Waals surface area contributed by atoms with E-state index in [0.717, 1.165) is 4.90 Å². The zero-order chi connectivity index (χ0) is 21.8. The van der Waals surface area contributed by atoms with Gasteiger partial charge in [0.25, 0.3) is 17.7 Å². The fourth-order valence-electron chi connectivity index (χ4n) is 2.94. The number of ether oxygens (including phenoxy) is 2. The highest BCUT2D eigenvalue weighted by molar-refractivity contribution is 6.22. The van der Waals surface area contributed by atoms with Gasteiger partial charge in [0.1, 0.15) is 5.75 Å². The smallest absolute Gasteiger partial charge is 0.338 e. The number of nitrogens with one attached hydrogen (secondary N) is 1. The molecule has 2 aromatic carbocycles. The van der Waals surface area contributed by atoms with E-state index in [9.17, 15) is 19.2 Å². The lowest BCUT2D eigenvalue weighted by atomic mass is 10.1. The molecule has 1 N–H and O–H groups in total. The molecule has 3 rings (SSSR count). The lowest BCUT2D eigenvalue weighted by Crippen LogP contribution is -2.30. The van der Waals surface area contributed by atoms with Crippen LogP contribution in [0.25, 0.3) is 0 Å². The zero-order valence-corrected chi connectivity index (χ0v) is 16.5. The van der Waals surface area contributed by atoms with Crippen LogP contribution in [0, 0.1) is 0 Å². The van der Waals surface area contributed by atoms with Crippen LogP contribution in [0.4, 0.5) is 5.69 Å². The molecule has 1 aliphatic rings. The van der Waals surface area contributed by atoms with Gasteiger partial charge in [0, 0.05) is 18.3 Å². The van der Waals surface area contributed by atoms with E-state index in [1.165, 1.54) is 38.3 Å². The van der Waals surface area contributed by atoms with Crippen molar-refractivity contribution in [3.05, 3.63) is 71.8 Å². The summed E-state index contributed by atoms with van der Waals surface area (Å²) in [4.78, 5) is 50.5. The van der Waals surface area contributed by atoms with E-state index >= 15 is 0 Å². The molecule has 0 aromatic heterocycles. The number of anilines is 1. The van der Waals surface area contributed by atoms with Crippen molar-refractivity contribution in [1.29, 1.82) is 0 Å². The number of carbonyl (C=O) groups excluding carboxylic acids is 4. The number of imide groups is 1. The van der Waals surface area contributed by atoms with Crippen molar-refractivity contribution < 1.29 is 28.7 Å². The van der Waals surface area contributed by atoms with Crippen molar-refractivity contribution in [3.63, 3.8) is 0 Å². The first kappa shape index (κ1) is 20.8. The third-order valence-electron chi connectivity index (χ3n) is 4.51. The number of hydrogen-bond donors (Lipinski definition) is 1. The van der Waals surface area contributed by atoms with Crippen LogP contribution < -0.4 is 10.1 Å². The van der Waals surface area contributed by atoms with Gasteiger partial charge in [-0.3, -0.25) is 19.3 Å². The molecule has 0 fully saturated rings. The molecule has 0 aliphatic carbocycles. The molecule has 2 aromatic rings. The van der Waals surface area contributed by atoms with Crippen LogP contribution in [-0.2, 0) is 9.53 Å². The van der Waals surface area contributed by atoms with Gasteiger partial charge in [-0.15, -0.1) is 6.58 Å². The highest BCUT2D eigenvalue weighted by Crippen LogP contribution is 2.24. The van der Waals surface area contributed by atoms with Crippen molar-refractivity contribution in [2.45, 2.75) is 13.0 Å². The molecule has 1 atom stereocenters. The van der Waals surface area contributed by atoms with E-state index in [4.69, 9.17) is 9.47 Å². The summed E-state index contributed by atoms with van der Waals surface area (Å²) in [5, 5.41) is 2.64. The molecule has 0 bridgehead atoms. The van der Waals surface area contributed by atoms with Gasteiger partial charge in [-0.1, -0.05) is 12.1 Å². The fourth-order valence-corrected chi connectivity index (χ4v) is 2.94. The molecule has 3 amide bonds. The van der Waals surface area contributed by atoms with Crippen molar-refractivity contribution in [2.75, 3.05) is 19.0 Å². The molecule has 8 nitrogen and oxygen atoms in total. The predicted molar refractivity (Wildman–Crippen MR) is 109 cm³/mol. The molecule has 154 valence electrons. The average molecular weight is 408 g/mol. The minimum atomic E-state index is -1.09. The summed E-state index contributed by atoms with van der Waals surface area (Å²) in [7, 11) is 1.51. The van der Waals surface area contributed by atoms with Crippen LogP contribution in [-0.4, -0.2) is 48.3 Å². The number of esters is 1. The largest absolute Gasteiger partial charge is 0.497 e. The first-order valence-corrected chi connectivity index (χ1v) is 9.12. The first-order chi connectivity index (χ1) is 14.3. The Morgan fingerprint density at radius 2 is 1.87 bits per heavy atom. The van der Waals surface area contributed by atoms with Crippen LogP contribution in [0.15, 0.2) is 55.1 Å². The van der Waals surface area contributed by atoms with Crippen molar-refractivity contribution in [1.82, 2.24) is 4.90 Å². The number of benzene rings is 2. The molecule has 30 heavy (non-hydrogen) atoms.